The Morgan fingerprint density at radius 3 is 2.37 bits per heavy atom. The summed E-state index contributed by atoms with van der Waals surface area (Å²) in [5, 5.41) is 2.95. The number of carbonyl (C=O) groups excluding carboxylic acids is 1. The molecule has 0 saturated heterocycles. The quantitative estimate of drug-likeness (QED) is 0.681. The molecule has 0 fully saturated rings. The highest BCUT2D eigenvalue weighted by Crippen LogP contribution is 2.24. The first-order valence-corrected chi connectivity index (χ1v) is 9.17. The number of nitrogens with zero attached hydrogens (tertiary/aromatic N) is 3. The average molecular weight is 360 g/mol. The first kappa shape index (κ1) is 18.6. The molecule has 2 aromatic carbocycles. The van der Waals surface area contributed by atoms with E-state index in [1.165, 1.54) is 0 Å². The van der Waals surface area contributed by atoms with Crippen molar-refractivity contribution in [2.24, 2.45) is 0 Å². The van der Waals surface area contributed by atoms with Crippen molar-refractivity contribution in [3.63, 3.8) is 0 Å². The van der Waals surface area contributed by atoms with E-state index in [9.17, 15) is 4.79 Å². The smallest absolute Gasteiger partial charge is 0.270 e. The summed E-state index contributed by atoms with van der Waals surface area (Å²) in [6.07, 6.45) is 2.50. The zero-order valence-electron chi connectivity index (χ0n) is 15.7. The molecule has 1 N–H and O–H groups in total. The number of hydrogen-bond donors (Lipinski definition) is 1. The lowest BCUT2D eigenvalue weighted by atomic mass is 10.2. The fraction of sp³-hybridized carbons (Fsp3) is 0.227. The van der Waals surface area contributed by atoms with E-state index in [1.54, 1.807) is 12.3 Å². The standard InChI is InChI=1S/C22H24N4O/c1-3-17(2)24-21(27)20-14-15-23-22(25-20)26(19-12-8-5-9-13-19)16-18-10-6-4-7-11-18/h4-15,17H,3,16H2,1-2H3,(H,24,27). The van der Waals surface area contributed by atoms with Crippen molar-refractivity contribution < 1.29 is 4.79 Å². The van der Waals surface area contributed by atoms with E-state index >= 15 is 0 Å². The summed E-state index contributed by atoms with van der Waals surface area (Å²) in [5.41, 5.74) is 2.48. The maximum absolute atomic E-state index is 12.5. The predicted octanol–water partition coefficient (Wildman–Crippen LogP) is 4.34. The van der Waals surface area contributed by atoms with Crippen LogP contribution in [0.3, 0.4) is 0 Å². The Morgan fingerprint density at radius 1 is 1.04 bits per heavy atom. The van der Waals surface area contributed by atoms with Crippen LogP contribution in [0.1, 0.15) is 36.3 Å². The number of anilines is 2. The minimum atomic E-state index is -0.180. The van der Waals surface area contributed by atoms with E-state index < -0.39 is 0 Å². The summed E-state index contributed by atoms with van der Waals surface area (Å²) in [6, 6.07) is 21.8. The lowest BCUT2D eigenvalue weighted by Crippen LogP contribution is -2.33. The Bertz CT molecular complexity index is 868. The monoisotopic (exact) mass is 360 g/mol. The van der Waals surface area contributed by atoms with Crippen molar-refractivity contribution in [1.82, 2.24) is 15.3 Å². The van der Waals surface area contributed by atoms with Crippen LogP contribution in [0.2, 0.25) is 0 Å². The normalized spacial score (nSPS) is 11.6. The van der Waals surface area contributed by atoms with E-state index in [0.29, 0.717) is 18.2 Å². The van der Waals surface area contributed by atoms with Gasteiger partial charge in [-0.3, -0.25) is 4.79 Å². The van der Waals surface area contributed by atoms with Gasteiger partial charge in [-0.25, -0.2) is 9.97 Å². The summed E-state index contributed by atoms with van der Waals surface area (Å²) in [4.78, 5) is 23.4. The Kier molecular flexibility index (Phi) is 6.15. The Morgan fingerprint density at radius 2 is 1.70 bits per heavy atom. The van der Waals surface area contributed by atoms with Crippen LogP contribution < -0.4 is 10.2 Å². The molecule has 1 amide bonds. The molecule has 3 aromatic rings. The molecular weight excluding hydrogens is 336 g/mol. The Labute approximate surface area is 160 Å². The molecule has 1 unspecified atom stereocenters. The van der Waals surface area contributed by atoms with Crippen LogP contribution in [-0.2, 0) is 6.54 Å². The molecule has 1 aromatic heterocycles. The Hall–Kier alpha value is -3.21. The highest BCUT2D eigenvalue weighted by Gasteiger charge is 2.16. The second kappa shape index (κ2) is 8.94. The van der Waals surface area contributed by atoms with Gasteiger partial charge in [0, 0.05) is 17.9 Å². The maximum Gasteiger partial charge on any atom is 0.270 e. The van der Waals surface area contributed by atoms with Crippen molar-refractivity contribution in [2.45, 2.75) is 32.9 Å². The number of aromatic nitrogens is 2. The predicted molar refractivity (Wildman–Crippen MR) is 108 cm³/mol. The van der Waals surface area contributed by atoms with Crippen molar-refractivity contribution in [2.75, 3.05) is 4.90 Å². The zero-order valence-corrected chi connectivity index (χ0v) is 15.7. The number of rotatable bonds is 7. The lowest BCUT2D eigenvalue weighted by Gasteiger charge is -2.23. The van der Waals surface area contributed by atoms with Crippen LogP contribution in [0.25, 0.3) is 0 Å². The zero-order chi connectivity index (χ0) is 19.1. The molecule has 0 saturated carbocycles. The molecule has 3 rings (SSSR count). The summed E-state index contributed by atoms with van der Waals surface area (Å²) in [6.45, 7) is 4.63. The number of amides is 1. The van der Waals surface area contributed by atoms with Gasteiger partial charge in [-0.05, 0) is 37.1 Å². The average Bonchev–Trinajstić information content (AvgIpc) is 2.73. The molecule has 0 radical (unpaired) electrons. The van der Waals surface area contributed by atoms with Gasteiger partial charge in [-0.1, -0.05) is 55.5 Å². The van der Waals surface area contributed by atoms with Crippen LogP contribution >= 0.6 is 0 Å². The van der Waals surface area contributed by atoms with E-state index in [1.807, 2.05) is 67.3 Å². The summed E-state index contributed by atoms with van der Waals surface area (Å²) in [7, 11) is 0. The van der Waals surface area contributed by atoms with Crippen molar-refractivity contribution in [1.29, 1.82) is 0 Å². The van der Waals surface area contributed by atoms with Gasteiger partial charge in [-0.2, -0.15) is 0 Å². The van der Waals surface area contributed by atoms with Gasteiger partial charge in [0.25, 0.3) is 5.91 Å². The summed E-state index contributed by atoms with van der Waals surface area (Å²) >= 11 is 0. The van der Waals surface area contributed by atoms with Gasteiger partial charge < -0.3 is 10.2 Å². The fourth-order valence-electron chi connectivity index (χ4n) is 2.66. The fourth-order valence-corrected chi connectivity index (χ4v) is 2.66. The number of hydrogen-bond acceptors (Lipinski definition) is 4. The highest BCUT2D eigenvalue weighted by molar-refractivity contribution is 5.92. The molecular formula is C22H24N4O. The minimum Gasteiger partial charge on any atom is -0.348 e. The highest BCUT2D eigenvalue weighted by atomic mass is 16.1. The van der Waals surface area contributed by atoms with Crippen LogP contribution in [0, 0.1) is 0 Å². The van der Waals surface area contributed by atoms with Crippen molar-refractivity contribution >= 4 is 17.5 Å². The molecule has 27 heavy (non-hydrogen) atoms. The molecule has 0 aliphatic carbocycles. The number of benzene rings is 2. The molecule has 138 valence electrons. The van der Waals surface area contributed by atoms with E-state index in [0.717, 1.165) is 17.7 Å². The third kappa shape index (κ3) is 4.91. The van der Waals surface area contributed by atoms with Crippen molar-refractivity contribution in [3.05, 3.63) is 84.2 Å². The molecule has 0 spiro atoms. The van der Waals surface area contributed by atoms with Crippen LogP contribution in [0.5, 0.6) is 0 Å². The molecule has 0 bridgehead atoms. The van der Waals surface area contributed by atoms with Crippen molar-refractivity contribution in [3.8, 4) is 0 Å². The number of carbonyl (C=O) groups is 1. The van der Waals surface area contributed by atoms with Gasteiger partial charge >= 0.3 is 0 Å². The molecule has 5 nitrogen and oxygen atoms in total. The molecule has 0 aliphatic rings. The van der Waals surface area contributed by atoms with Gasteiger partial charge in [0.15, 0.2) is 0 Å². The molecule has 0 aliphatic heterocycles. The first-order valence-electron chi connectivity index (χ1n) is 9.17. The molecule has 1 atom stereocenters. The van der Waals surface area contributed by atoms with E-state index in [4.69, 9.17) is 0 Å². The van der Waals surface area contributed by atoms with Gasteiger partial charge in [0.1, 0.15) is 5.69 Å². The SMILES string of the molecule is CCC(C)NC(=O)c1ccnc(N(Cc2ccccc2)c2ccccc2)n1. The second-order valence-corrected chi connectivity index (χ2v) is 6.43. The Balaban J connectivity index is 1.92. The first-order chi connectivity index (χ1) is 13.2. The molecule has 1 heterocycles. The number of para-hydroxylation sites is 1. The largest absolute Gasteiger partial charge is 0.348 e. The minimum absolute atomic E-state index is 0.102. The second-order valence-electron chi connectivity index (χ2n) is 6.43. The van der Waals surface area contributed by atoms with Gasteiger partial charge in [-0.15, -0.1) is 0 Å². The topological polar surface area (TPSA) is 58.1 Å². The van der Waals surface area contributed by atoms with Gasteiger partial charge in [0.2, 0.25) is 5.95 Å². The maximum atomic E-state index is 12.5. The third-order valence-electron chi connectivity index (χ3n) is 4.36. The van der Waals surface area contributed by atoms with E-state index in [2.05, 4.69) is 27.4 Å². The van der Waals surface area contributed by atoms with Crippen LogP contribution in [0.15, 0.2) is 72.9 Å². The van der Waals surface area contributed by atoms with E-state index in [-0.39, 0.29) is 11.9 Å². The van der Waals surface area contributed by atoms with Crippen LogP contribution in [-0.4, -0.2) is 21.9 Å². The molecule has 5 heteroatoms. The van der Waals surface area contributed by atoms with Gasteiger partial charge in [0.05, 0.1) is 6.54 Å². The lowest BCUT2D eigenvalue weighted by molar-refractivity contribution is 0.0934. The summed E-state index contributed by atoms with van der Waals surface area (Å²) < 4.78 is 0. The summed E-state index contributed by atoms with van der Waals surface area (Å²) in [5.74, 6) is 0.322. The van der Waals surface area contributed by atoms with Crippen LogP contribution in [0.4, 0.5) is 11.6 Å². The third-order valence-corrected chi connectivity index (χ3v) is 4.36. The number of nitrogens with one attached hydrogen (secondary N) is 1.